The summed E-state index contributed by atoms with van der Waals surface area (Å²) in [7, 11) is 0. The van der Waals surface area contributed by atoms with Gasteiger partial charge in [0.2, 0.25) is 5.91 Å². The molecule has 0 saturated heterocycles. The van der Waals surface area contributed by atoms with E-state index >= 15 is 0 Å². The quantitative estimate of drug-likeness (QED) is 0.464. The Labute approximate surface area is 101 Å². The van der Waals surface area contributed by atoms with Crippen LogP contribution in [-0.4, -0.2) is 21.4 Å². The van der Waals surface area contributed by atoms with Crippen LogP contribution in [0, 0.1) is 0 Å². The minimum absolute atomic E-state index is 0.415. The third-order valence-electron chi connectivity index (χ3n) is 1.97. The highest BCUT2D eigenvalue weighted by Gasteiger charge is 2.26. The Morgan fingerprint density at radius 3 is 2.50 bits per heavy atom. The first-order chi connectivity index (χ1) is 7.38. The van der Waals surface area contributed by atoms with Crippen LogP contribution in [0.3, 0.4) is 0 Å². The Morgan fingerprint density at radius 2 is 2.00 bits per heavy atom. The molecule has 0 aliphatic heterocycles. The molecule has 1 aromatic rings. The van der Waals surface area contributed by atoms with Gasteiger partial charge in [0.1, 0.15) is 22.2 Å². The van der Waals surface area contributed by atoms with Gasteiger partial charge in [-0.3, -0.25) is 4.79 Å². The zero-order valence-electron chi connectivity index (χ0n) is 8.91. The summed E-state index contributed by atoms with van der Waals surface area (Å²) < 4.78 is 0.534. The maximum atomic E-state index is 11.2. The van der Waals surface area contributed by atoms with Crippen molar-refractivity contribution in [1.29, 1.82) is 0 Å². The van der Waals surface area contributed by atoms with Gasteiger partial charge in [0, 0.05) is 0 Å². The van der Waals surface area contributed by atoms with Gasteiger partial charge in [0.15, 0.2) is 5.82 Å². The lowest BCUT2D eigenvalue weighted by atomic mass is 10.1. The molecule has 1 amide bonds. The van der Waals surface area contributed by atoms with Crippen molar-refractivity contribution in [3.8, 4) is 0 Å². The lowest BCUT2D eigenvalue weighted by molar-refractivity contribution is -0.121. The van der Waals surface area contributed by atoms with Crippen LogP contribution in [0.1, 0.15) is 13.8 Å². The Hall–Kier alpha value is -1.41. The molecule has 7 nitrogen and oxygen atoms in total. The lowest BCUT2D eigenvalue weighted by Crippen LogP contribution is -2.45. The fourth-order valence-electron chi connectivity index (χ4n) is 0.915. The first kappa shape index (κ1) is 12.7. The first-order valence-corrected chi connectivity index (χ1v) is 5.23. The van der Waals surface area contributed by atoms with Gasteiger partial charge >= 0.3 is 0 Å². The van der Waals surface area contributed by atoms with Gasteiger partial charge < -0.3 is 16.5 Å². The molecule has 0 aliphatic rings. The van der Waals surface area contributed by atoms with Crippen LogP contribution in [-0.2, 0) is 4.79 Å². The zero-order chi connectivity index (χ0) is 12.3. The van der Waals surface area contributed by atoms with Gasteiger partial charge in [-0.15, -0.1) is 0 Å². The number of hydrogen-bond acceptors (Lipinski definition) is 6. The van der Waals surface area contributed by atoms with Crippen LogP contribution in [0.15, 0.2) is 10.8 Å². The molecule has 0 aliphatic carbocycles. The van der Waals surface area contributed by atoms with Crippen LogP contribution in [0.5, 0.6) is 0 Å². The summed E-state index contributed by atoms with van der Waals surface area (Å²) in [5.41, 5.74) is 6.72. The number of nitrogens with one attached hydrogen (secondary N) is 2. The second-order valence-corrected chi connectivity index (χ2v) is 4.44. The molecule has 0 saturated carbocycles. The number of carbonyl (C=O) groups excluding carboxylic acids is 1. The normalized spacial score (nSPS) is 11.0. The van der Waals surface area contributed by atoms with Crippen molar-refractivity contribution >= 4 is 33.5 Å². The number of primary amides is 1. The first-order valence-electron chi connectivity index (χ1n) is 4.43. The molecule has 88 valence electrons. The number of hydrazine groups is 1. The molecule has 6 N–H and O–H groups in total. The number of anilines is 2. The highest BCUT2D eigenvalue weighted by Crippen LogP contribution is 2.27. The predicted molar refractivity (Wildman–Crippen MR) is 64.4 cm³/mol. The van der Waals surface area contributed by atoms with Crippen LogP contribution < -0.4 is 22.3 Å². The maximum absolute atomic E-state index is 11.2. The van der Waals surface area contributed by atoms with Gasteiger partial charge in [0.25, 0.3) is 0 Å². The third kappa shape index (κ3) is 2.58. The van der Waals surface area contributed by atoms with Gasteiger partial charge in [-0.2, -0.15) is 0 Å². The van der Waals surface area contributed by atoms with E-state index in [9.17, 15) is 4.79 Å². The molecule has 8 heteroatoms. The summed E-state index contributed by atoms with van der Waals surface area (Å²) in [5.74, 6) is 5.62. The lowest BCUT2D eigenvalue weighted by Gasteiger charge is -2.23. The number of halogens is 1. The third-order valence-corrected chi connectivity index (χ3v) is 2.72. The molecule has 1 heterocycles. The maximum Gasteiger partial charge on any atom is 0.242 e. The molecule has 0 radical (unpaired) electrons. The summed E-state index contributed by atoms with van der Waals surface area (Å²) in [6.07, 6.45) is 1.32. The molecule has 0 aromatic carbocycles. The molecule has 16 heavy (non-hydrogen) atoms. The van der Waals surface area contributed by atoms with Gasteiger partial charge in [-0.1, -0.05) is 0 Å². The summed E-state index contributed by atoms with van der Waals surface area (Å²) in [6, 6.07) is 0. The highest BCUT2D eigenvalue weighted by molar-refractivity contribution is 9.10. The van der Waals surface area contributed by atoms with Crippen molar-refractivity contribution in [2.45, 2.75) is 19.4 Å². The van der Waals surface area contributed by atoms with E-state index in [0.717, 1.165) is 0 Å². The number of aromatic nitrogens is 2. The molecule has 0 atom stereocenters. The van der Waals surface area contributed by atoms with Gasteiger partial charge in [-0.25, -0.2) is 15.8 Å². The standard InChI is InChI=1S/C8H13BrN6O/c1-8(2,7(10)16)14-5-4(9)6(15-11)13-3-12-5/h3H,11H2,1-2H3,(H2,10,16)(H2,12,13,14,15). The molecule has 0 spiro atoms. The van der Waals surface area contributed by atoms with E-state index in [4.69, 9.17) is 11.6 Å². The summed E-state index contributed by atoms with van der Waals surface area (Å²) in [5, 5.41) is 2.89. The van der Waals surface area contributed by atoms with E-state index in [2.05, 4.69) is 36.6 Å². The number of nitrogen functional groups attached to an aromatic ring is 1. The van der Waals surface area contributed by atoms with Crippen LogP contribution in [0.25, 0.3) is 0 Å². The van der Waals surface area contributed by atoms with E-state index in [1.807, 2.05) is 0 Å². The fourth-order valence-corrected chi connectivity index (χ4v) is 1.33. The zero-order valence-corrected chi connectivity index (χ0v) is 10.5. The van der Waals surface area contributed by atoms with E-state index in [1.165, 1.54) is 6.33 Å². The summed E-state index contributed by atoms with van der Waals surface area (Å²) in [4.78, 5) is 19.0. The topological polar surface area (TPSA) is 119 Å². The highest BCUT2D eigenvalue weighted by atomic mass is 79.9. The predicted octanol–water partition coefficient (Wildman–Crippen LogP) is 0.200. The van der Waals surface area contributed by atoms with Crippen LogP contribution in [0.2, 0.25) is 0 Å². The minimum atomic E-state index is -0.914. The summed E-state index contributed by atoms with van der Waals surface area (Å²) in [6.45, 7) is 3.30. The van der Waals surface area contributed by atoms with Crippen molar-refractivity contribution in [3.05, 3.63) is 10.8 Å². The van der Waals surface area contributed by atoms with Crippen LogP contribution >= 0.6 is 15.9 Å². The Bertz CT molecular complexity index is 408. The largest absolute Gasteiger partial charge is 0.368 e. The Morgan fingerprint density at radius 1 is 1.44 bits per heavy atom. The average Bonchev–Trinajstić information content (AvgIpc) is 2.20. The van der Waals surface area contributed by atoms with Crippen molar-refractivity contribution in [2.75, 3.05) is 10.7 Å². The van der Waals surface area contributed by atoms with Gasteiger partial charge in [0.05, 0.1) is 0 Å². The SMILES string of the molecule is CC(C)(Nc1ncnc(NN)c1Br)C(N)=O. The Balaban J connectivity index is 3.02. The van der Waals surface area contributed by atoms with Crippen molar-refractivity contribution in [2.24, 2.45) is 11.6 Å². The number of nitrogens with zero attached hydrogens (tertiary/aromatic N) is 2. The molecule has 1 rings (SSSR count). The Kier molecular flexibility index (Phi) is 3.66. The number of nitrogens with two attached hydrogens (primary N) is 2. The smallest absolute Gasteiger partial charge is 0.242 e. The molecular weight excluding hydrogens is 276 g/mol. The van der Waals surface area contributed by atoms with Crippen molar-refractivity contribution in [3.63, 3.8) is 0 Å². The van der Waals surface area contributed by atoms with E-state index < -0.39 is 11.4 Å². The van der Waals surface area contributed by atoms with E-state index in [1.54, 1.807) is 13.8 Å². The molecule has 1 aromatic heterocycles. The summed E-state index contributed by atoms with van der Waals surface area (Å²) >= 11 is 3.26. The number of carbonyl (C=O) groups is 1. The number of amides is 1. The van der Waals surface area contributed by atoms with Gasteiger partial charge in [-0.05, 0) is 29.8 Å². The molecule has 0 fully saturated rings. The number of rotatable bonds is 4. The molecular formula is C8H13BrN6O. The molecule has 0 bridgehead atoms. The van der Waals surface area contributed by atoms with Crippen molar-refractivity contribution in [1.82, 2.24) is 9.97 Å². The monoisotopic (exact) mass is 288 g/mol. The molecule has 0 unspecified atom stereocenters. The van der Waals surface area contributed by atoms with E-state index in [-0.39, 0.29) is 0 Å². The second kappa shape index (κ2) is 4.62. The average molecular weight is 289 g/mol. The minimum Gasteiger partial charge on any atom is -0.368 e. The fraction of sp³-hybridized carbons (Fsp3) is 0.375. The van der Waals surface area contributed by atoms with E-state index in [0.29, 0.717) is 16.1 Å². The second-order valence-electron chi connectivity index (χ2n) is 3.64. The van der Waals surface area contributed by atoms with Crippen molar-refractivity contribution < 1.29 is 4.79 Å². The van der Waals surface area contributed by atoms with Crippen LogP contribution in [0.4, 0.5) is 11.6 Å². The number of hydrogen-bond donors (Lipinski definition) is 4.